The van der Waals surface area contributed by atoms with Gasteiger partial charge in [-0.3, -0.25) is 15.0 Å². The van der Waals surface area contributed by atoms with Gasteiger partial charge in [0.2, 0.25) is 6.10 Å². The Balaban J connectivity index is 1.75. The van der Waals surface area contributed by atoms with Crippen LogP contribution in [0.4, 0.5) is 10.5 Å². The lowest BCUT2D eigenvalue weighted by Gasteiger charge is -2.39. The standard InChI is InChI=1S/C23H24N2O8/c1-15(2)12-19-20(33-21(26)17-8-10-18(11-9-17)25(29)30)22(27)32-14-24(19)23(28)31-13-16-6-4-3-5-7-16/h3-11,15,19-20H,12-14H2,1-2H3/t19-,20+/m0/s1. The molecule has 0 spiro atoms. The minimum atomic E-state index is -1.37. The zero-order valence-electron chi connectivity index (χ0n) is 18.2. The Labute approximate surface area is 190 Å². The van der Waals surface area contributed by atoms with Crippen LogP contribution in [0.2, 0.25) is 0 Å². The maximum absolute atomic E-state index is 12.8. The van der Waals surface area contributed by atoms with Crippen LogP contribution in [0.25, 0.3) is 0 Å². The van der Waals surface area contributed by atoms with E-state index in [0.717, 1.165) is 17.7 Å². The van der Waals surface area contributed by atoms with Gasteiger partial charge in [-0.2, -0.15) is 0 Å². The smallest absolute Gasteiger partial charge is 0.413 e. The maximum Gasteiger partial charge on any atom is 0.413 e. The molecular weight excluding hydrogens is 432 g/mol. The van der Waals surface area contributed by atoms with Crippen molar-refractivity contribution in [3.05, 3.63) is 75.8 Å². The third-order valence-electron chi connectivity index (χ3n) is 5.03. The minimum absolute atomic E-state index is 0.0282. The molecule has 1 saturated heterocycles. The van der Waals surface area contributed by atoms with Crippen LogP contribution in [0.5, 0.6) is 0 Å². The van der Waals surface area contributed by atoms with Gasteiger partial charge in [0.15, 0.2) is 6.73 Å². The lowest BCUT2D eigenvalue weighted by Crippen LogP contribution is -2.58. The quantitative estimate of drug-likeness (QED) is 0.267. The van der Waals surface area contributed by atoms with Gasteiger partial charge in [-0.25, -0.2) is 14.4 Å². The average Bonchev–Trinajstić information content (AvgIpc) is 2.80. The fraction of sp³-hybridized carbons (Fsp3) is 0.348. The third-order valence-corrected chi connectivity index (χ3v) is 5.03. The van der Waals surface area contributed by atoms with Crippen molar-refractivity contribution in [2.24, 2.45) is 5.92 Å². The number of cyclic esters (lactones) is 1. The van der Waals surface area contributed by atoms with E-state index in [1.807, 2.05) is 44.2 Å². The van der Waals surface area contributed by atoms with E-state index < -0.39 is 35.1 Å². The molecule has 1 aliphatic rings. The summed E-state index contributed by atoms with van der Waals surface area (Å²) >= 11 is 0. The van der Waals surface area contributed by atoms with Gasteiger partial charge in [-0.05, 0) is 30.0 Å². The number of non-ortho nitro benzene ring substituents is 1. The summed E-state index contributed by atoms with van der Waals surface area (Å²) in [6.45, 7) is 3.52. The molecule has 1 aliphatic heterocycles. The predicted molar refractivity (Wildman–Crippen MR) is 115 cm³/mol. The first-order chi connectivity index (χ1) is 15.8. The molecule has 0 radical (unpaired) electrons. The molecule has 2 aromatic carbocycles. The lowest BCUT2D eigenvalue weighted by atomic mass is 9.97. The van der Waals surface area contributed by atoms with E-state index in [0.29, 0.717) is 6.42 Å². The summed E-state index contributed by atoms with van der Waals surface area (Å²) in [7, 11) is 0. The Morgan fingerprint density at radius 3 is 2.42 bits per heavy atom. The lowest BCUT2D eigenvalue weighted by molar-refractivity contribution is -0.384. The first-order valence-corrected chi connectivity index (χ1v) is 10.4. The zero-order valence-corrected chi connectivity index (χ0v) is 18.2. The van der Waals surface area contributed by atoms with Crippen molar-refractivity contribution in [1.82, 2.24) is 4.90 Å². The number of benzene rings is 2. The SMILES string of the molecule is CC(C)C[C@H]1[C@@H](OC(=O)c2ccc([N+](=O)[O-])cc2)C(=O)OCN1C(=O)OCc1ccccc1. The highest BCUT2D eigenvalue weighted by Gasteiger charge is 2.44. The van der Waals surface area contributed by atoms with Crippen LogP contribution in [-0.2, 0) is 25.6 Å². The van der Waals surface area contributed by atoms with E-state index in [9.17, 15) is 24.5 Å². The average molecular weight is 456 g/mol. The third kappa shape index (κ3) is 6.06. The summed E-state index contributed by atoms with van der Waals surface area (Å²) in [5.74, 6) is -1.57. The number of nitro benzene ring substituents is 1. The van der Waals surface area contributed by atoms with E-state index in [4.69, 9.17) is 14.2 Å². The Kier molecular flexibility index (Phi) is 7.60. The number of rotatable bonds is 7. The second-order valence-corrected chi connectivity index (χ2v) is 7.93. The van der Waals surface area contributed by atoms with Crippen molar-refractivity contribution in [3.8, 4) is 0 Å². The van der Waals surface area contributed by atoms with Crippen LogP contribution in [0.1, 0.15) is 36.2 Å². The Bertz CT molecular complexity index is 1010. The van der Waals surface area contributed by atoms with Gasteiger partial charge in [-0.15, -0.1) is 0 Å². The number of carbonyl (C=O) groups is 3. The Morgan fingerprint density at radius 2 is 1.82 bits per heavy atom. The molecule has 1 fully saturated rings. The molecule has 0 bridgehead atoms. The minimum Gasteiger partial charge on any atom is -0.444 e. The summed E-state index contributed by atoms with van der Waals surface area (Å²) < 4.78 is 15.9. The van der Waals surface area contributed by atoms with Crippen LogP contribution >= 0.6 is 0 Å². The molecule has 174 valence electrons. The fourth-order valence-corrected chi connectivity index (χ4v) is 3.38. The fourth-order valence-electron chi connectivity index (χ4n) is 3.38. The molecule has 3 rings (SSSR count). The predicted octanol–water partition coefficient (Wildman–Crippen LogP) is 3.69. The van der Waals surface area contributed by atoms with Gasteiger partial charge < -0.3 is 14.2 Å². The highest BCUT2D eigenvalue weighted by atomic mass is 16.6. The first kappa shape index (κ1) is 23.7. The molecular formula is C23H24N2O8. The topological polar surface area (TPSA) is 125 Å². The molecule has 2 atom stereocenters. The second-order valence-electron chi connectivity index (χ2n) is 7.93. The van der Waals surface area contributed by atoms with Crippen molar-refractivity contribution in [2.75, 3.05) is 6.73 Å². The van der Waals surface area contributed by atoms with E-state index in [1.54, 1.807) is 0 Å². The molecule has 1 amide bonds. The van der Waals surface area contributed by atoms with Crippen molar-refractivity contribution in [1.29, 1.82) is 0 Å². The van der Waals surface area contributed by atoms with Crippen molar-refractivity contribution in [2.45, 2.75) is 39.0 Å². The Morgan fingerprint density at radius 1 is 1.15 bits per heavy atom. The normalized spacial score (nSPS) is 17.9. The highest BCUT2D eigenvalue weighted by Crippen LogP contribution is 2.25. The van der Waals surface area contributed by atoms with Gasteiger partial charge in [0.25, 0.3) is 5.69 Å². The van der Waals surface area contributed by atoms with Crippen LogP contribution < -0.4 is 0 Å². The highest BCUT2D eigenvalue weighted by molar-refractivity contribution is 5.92. The molecule has 10 heteroatoms. The van der Waals surface area contributed by atoms with E-state index >= 15 is 0 Å². The number of hydrogen-bond donors (Lipinski definition) is 0. The van der Waals surface area contributed by atoms with Crippen LogP contribution in [0.3, 0.4) is 0 Å². The summed E-state index contributed by atoms with van der Waals surface area (Å²) in [6, 6.07) is 13.1. The number of nitrogens with zero attached hydrogens (tertiary/aromatic N) is 2. The second kappa shape index (κ2) is 10.6. The number of hydrogen-bond acceptors (Lipinski definition) is 8. The first-order valence-electron chi connectivity index (χ1n) is 10.4. The van der Waals surface area contributed by atoms with E-state index in [-0.39, 0.29) is 30.5 Å². The van der Waals surface area contributed by atoms with Crippen molar-refractivity contribution < 1.29 is 33.5 Å². The zero-order chi connectivity index (χ0) is 24.0. The Hall–Kier alpha value is -3.95. The van der Waals surface area contributed by atoms with E-state index in [2.05, 4.69) is 0 Å². The number of esters is 2. The number of carbonyl (C=O) groups excluding carboxylic acids is 3. The molecule has 0 unspecified atom stereocenters. The summed E-state index contributed by atoms with van der Waals surface area (Å²) in [5, 5.41) is 10.8. The molecule has 0 aromatic heterocycles. The number of ether oxygens (including phenoxy) is 3. The summed E-state index contributed by atoms with van der Waals surface area (Å²) in [5.41, 5.74) is 0.635. The van der Waals surface area contributed by atoms with Gasteiger partial charge in [0.1, 0.15) is 6.61 Å². The van der Waals surface area contributed by atoms with Gasteiger partial charge in [-0.1, -0.05) is 44.2 Å². The number of amides is 1. The van der Waals surface area contributed by atoms with E-state index in [1.165, 1.54) is 17.0 Å². The molecule has 2 aromatic rings. The van der Waals surface area contributed by atoms with Crippen molar-refractivity contribution >= 4 is 23.7 Å². The molecule has 1 heterocycles. The molecule has 0 saturated carbocycles. The van der Waals surface area contributed by atoms with Crippen LogP contribution in [0.15, 0.2) is 54.6 Å². The summed E-state index contributed by atoms with van der Waals surface area (Å²) in [6.07, 6.45) is -1.71. The molecule has 10 nitrogen and oxygen atoms in total. The summed E-state index contributed by atoms with van der Waals surface area (Å²) in [4.78, 5) is 49.3. The van der Waals surface area contributed by atoms with Crippen molar-refractivity contribution in [3.63, 3.8) is 0 Å². The van der Waals surface area contributed by atoms with Crippen LogP contribution in [-0.4, -0.2) is 46.7 Å². The van der Waals surface area contributed by atoms with Gasteiger partial charge >= 0.3 is 18.0 Å². The number of nitro groups is 1. The molecule has 33 heavy (non-hydrogen) atoms. The monoisotopic (exact) mass is 456 g/mol. The largest absolute Gasteiger partial charge is 0.444 e. The molecule has 0 aliphatic carbocycles. The van der Waals surface area contributed by atoms with Gasteiger partial charge in [0.05, 0.1) is 16.5 Å². The maximum atomic E-state index is 12.8. The van der Waals surface area contributed by atoms with Gasteiger partial charge in [0, 0.05) is 12.1 Å². The van der Waals surface area contributed by atoms with Crippen LogP contribution in [0, 0.1) is 16.0 Å². The molecule has 0 N–H and O–H groups in total.